The fourth-order valence-electron chi connectivity index (χ4n) is 1.90. The molecule has 108 valence electrons. The van der Waals surface area contributed by atoms with E-state index in [0.717, 1.165) is 17.9 Å². The van der Waals surface area contributed by atoms with Gasteiger partial charge in [0.05, 0.1) is 5.02 Å². The number of nitrogens with zero attached hydrogens (tertiary/aromatic N) is 3. The van der Waals surface area contributed by atoms with Crippen molar-refractivity contribution in [1.82, 2.24) is 20.1 Å². The zero-order chi connectivity index (χ0) is 14.5. The molecule has 1 aromatic carbocycles. The van der Waals surface area contributed by atoms with Crippen molar-refractivity contribution in [2.45, 2.75) is 26.6 Å². The van der Waals surface area contributed by atoms with Crippen molar-refractivity contribution < 1.29 is 4.74 Å². The lowest BCUT2D eigenvalue weighted by atomic mass is 10.2. The van der Waals surface area contributed by atoms with Crippen LogP contribution in [0.3, 0.4) is 0 Å². The van der Waals surface area contributed by atoms with E-state index in [1.807, 2.05) is 20.0 Å². The highest BCUT2D eigenvalue weighted by atomic mass is 35.5. The smallest absolute Gasteiger partial charge is 0.164 e. The summed E-state index contributed by atoms with van der Waals surface area (Å²) >= 11 is 12.2. The Morgan fingerprint density at radius 3 is 2.85 bits per heavy atom. The molecule has 2 aromatic rings. The molecule has 1 aromatic heterocycles. The van der Waals surface area contributed by atoms with Gasteiger partial charge in [-0.15, -0.1) is 0 Å². The van der Waals surface area contributed by atoms with Gasteiger partial charge in [-0.2, -0.15) is 5.10 Å². The predicted molar refractivity (Wildman–Crippen MR) is 79.3 cm³/mol. The van der Waals surface area contributed by atoms with E-state index in [9.17, 15) is 0 Å². The van der Waals surface area contributed by atoms with Crippen LogP contribution in [0.4, 0.5) is 0 Å². The van der Waals surface area contributed by atoms with Crippen molar-refractivity contribution in [2.24, 2.45) is 0 Å². The number of rotatable bonds is 6. The van der Waals surface area contributed by atoms with Crippen LogP contribution < -0.4 is 10.1 Å². The number of halogens is 2. The summed E-state index contributed by atoms with van der Waals surface area (Å²) in [5.41, 5.74) is 0.910. The molecule has 0 unspecified atom stereocenters. The van der Waals surface area contributed by atoms with Gasteiger partial charge < -0.3 is 10.1 Å². The van der Waals surface area contributed by atoms with Crippen LogP contribution >= 0.6 is 23.2 Å². The zero-order valence-corrected chi connectivity index (χ0v) is 12.9. The van der Waals surface area contributed by atoms with Crippen LogP contribution in [0.1, 0.15) is 18.3 Å². The van der Waals surface area contributed by atoms with Gasteiger partial charge in [-0.25, -0.2) is 9.67 Å². The van der Waals surface area contributed by atoms with E-state index >= 15 is 0 Å². The number of ether oxygens (including phenoxy) is 1. The highest BCUT2D eigenvalue weighted by Crippen LogP contribution is 2.32. The lowest BCUT2D eigenvalue weighted by molar-refractivity contribution is 0.284. The first-order valence-corrected chi connectivity index (χ1v) is 7.03. The summed E-state index contributed by atoms with van der Waals surface area (Å²) in [5.74, 6) is 1.38. The van der Waals surface area contributed by atoms with Gasteiger partial charge in [0.25, 0.3) is 0 Å². The third-order valence-corrected chi connectivity index (χ3v) is 3.29. The maximum Gasteiger partial charge on any atom is 0.164 e. The normalized spacial score (nSPS) is 10.8. The molecule has 0 radical (unpaired) electrons. The van der Waals surface area contributed by atoms with Gasteiger partial charge in [0.15, 0.2) is 5.82 Å². The van der Waals surface area contributed by atoms with Gasteiger partial charge in [-0.3, -0.25) is 0 Å². The van der Waals surface area contributed by atoms with Crippen LogP contribution in [0.5, 0.6) is 5.75 Å². The summed E-state index contributed by atoms with van der Waals surface area (Å²) in [7, 11) is 1.85. The fourth-order valence-corrected chi connectivity index (χ4v) is 2.49. The van der Waals surface area contributed by atoms with Gasteiger partial charge in [-0.1, -0.05) is 23.2 Å². The molecule has 0 atom stereocenters. The third kappa shape index (κ3) is 3.42. The molecule has 0 amide bonds. The van der Waals surface area contributed by atoms with E-state index in [0.29, 0.717) is 28.9 Å². The molecule has 0 bridgehead atoms. The zero-order valence-electron chi connectivity index (χ0n) is 11.4. The lowest BCUT2D eigenvalue weighted by Gasteiger charge is -2.13. The summed E-state index contributed by atoms with van der Waals surface area (Å²) in [6.45, 7) is 3.68. The SMILES string of the molecule is CCn1ncnc1COc1c(Cl)cc(Cl)cc1CNC. The molecule has 20 heavy (non-hydrogen) atoms. The topological polar surface area (TPSA) is 52.0 Å². The second kappa shape index (κ2) is 6.92. The molecule has 1 heterocycles. The first-order chi connectivity index (χ1) is 9.65. The summed E-state index contributed by atoms with van der Waals surface area (Å²) < 4.78 is 7.59. The Kier molecular flexibility index (Phi) is 5.23. The molecule has 5 nitrogen and oxygen atoms in total. The van der Waals surface area contributed by atoms with Gasteiger partial charge in [-0.05, 0) is 26.1 Å². The largest absolute Gasteiger partial charge is 0.484 e. The third-order valence-electron chi connectivity index (χ3n) is 2.79. The second-order valence-electron chi connectivity index (χ2n) is 4.19. The van der Waals surface area contributed by atoms with Gasteiger partial charge in [0, 0.05) is 23.7 Å². The number of hydrogen-bond acceptors (Lipinski definition) is 4. The average Bonchev–Trinajstić information content (AvgIpc) is 2.85. The van der Waals surface area contributed by atoms with Crippen LogP contribution in [-0.2, 0) is 19.7 Å². The molecule has 0 saturated heterocycles. The Balaban J connectivity index is 2.20. The molecule has 0 aliphatic carbocycles. The van der Waals surface area contributed by atoms with E-state index in [2.05, 4.69) is 15.4 Å². The quantitative estimate of drug-likeness (QED) is 0.890. The monoisotopic (exact) mass is 314 g/mol. The molecule has 7 heteroatoms. The molecule has 0 saturated carbocycles. The summed E-state index contributed by atoms with van der Waals surface area (Å²) in [4.78, 5) is 4.17. The van der Waals surface area contributed by atoms with Crippen LogP contribution in [0.25, 0.3) is 0 Å². The van der Waals surface area contributed by atoms with Crippen molar-refractivity contribution in [1.29, 1.82) is 0 Å². The van der Waals surface area contributed by atoms with E-state index in [4.69, 9.17) is 27.9 Å². The van der Waals surface area contributed by atoms with Crippen LogP contribution in [0, 0.1) is 0 Å². The fraction of sp³-hybridized carbons (Fsp3) is 0.385. The predicted octanol–water partition coefficient (Wildman–Crippen LogP) is 2.90. The highest BCUT2D eigenvalue weighted by Gasteiger charge is 2.12. The van der Waals surface area contributed by atoms with Crippen LogP contribution in [-0.4, -0.2) is 21.8 Å². The molecule has 1 N–H and O–H groups in total. The number of nitrogens with one attached hydrogen (secondary N) is 1. The second-order valence-corrected chi connectivity index (χ2v) is 5.03. The first-order valence-electron chi connectivity index (χ1n) is 6.27. The molecule has 2 rings (SSSR count). The van der Waals surface area contributed by atoms with E-state index in [1.54, 1.807) is 10.7 Å². The van der Waals surface area contributed by atoms with Crippen molar-refractivity contribution in [3.8, 4) is 5.75 Å². The Morgan fingerprint density at radius 2 is 2.15 bits per heavy atom. The maximum atomic E-state index is 6.20. The van der Waals surface area contributed by atoms with Crippen molar-refractivity contribution in [3.05, 3.63) is 39.9 Å². The molecule has 0 fully saturated rings. The molecule has 0 spiro atoms. The summed E-state index contributed by atoms with van der Waals surface area (Å²) in [5, 5.41) is 8.24. The van der Waals surface area contributed by atoms with Crippen molar-refractivity contribution >= 4 is 23.2 Å². The maximum absolute atomic E-state index is 6.20. The minimum absolute atomic E-state index is 0.311. The first kappa shape index (κ1) is 15.1. The standard InChI is InChI=1S/C13H16Cl2N4O/c1-3-19-12(17-8-18-19)7-20-13-9(6-16-2)4-10(14)5-11(13)15/h4-5,8,16H,3,6-7H2,1-2H3. The summed E-state index contributed by atoms with van der Waals surface area (Å²) in [6, 6.07) is 3.51. The number of benzene rings is 1. The summed E-state index contributed by atoms with van der Waals surface area (Å²) in [6.07, 6.45) is 1.51. The molecule has 0 aliphatic heterocycles. The van der Waals surface area contributed by atoms with Crippen molar-refractivity contribution in [3.63, 3.8) is 0 Å². The van der Waals surface area contributed by atoms with Crippen LogP contribution in [0.2, 0.25) is 10.0 Å². The Hall–Kier alpha value is -1.30. The number of aryl methyl sites for hydroxylation is 1. The Labute approximate surface area is 127 Å². The van der Waals surface area contributed by atoms with Crippen molar-refractivity contribution in [2.75, 3.05) is 7.05 Å². The van der Waals surface area contributed by atoms with E-state index in [-0.39, 0.29) is 0 Å². The van der Waals surface area contributed by atoms with Gasteiger partial charge in [0.2, 0.25) is 0 Å². The van der Waals surface area contributed by atoms with Crippen LogP contribution in [0.15, 0.2) is 18.5 Å². The number of hydrogen-bond donors (Lipinski definition) is 1. The van der Waals surface area contributed by atoms with Gasteiger partial charge >= 0.3 is 0 Å². The molecule has 0 aliphatic rings. The Bertz CT molecular complexity index is 586. The van der Waals surface area contributed by atoms with Gasteiger partial charge in [0.1, 0.15) is 18.7 Å². The lowest BCUT2D eigenvalue weighted by Crippen LogP contribution is -2.10. The highest BCUT2D eigenvalue weighted by molar-refractivity contribution is 6.35. The average molecular weight is 315 g/mol. The Morgan fingerprint density at radius 1 is 1.35 bits per heavy atom. The number of aromatic nitrogens is 3. The minimum Gasteiger partial charge on any atom is -0.484 e. The minimum atomic E-state index is 0.311. The molecular weight excluding hydrogens is 299 g/mol. The van der Waals surface area contributed by atoms with E-state index < -0.39 is 0 Å². The van der Waals surface area contributed by atoms with E-state index in [1.165, 1.54) is 6.33 Å². The molecular formula is C13H16Cl2N4O.